The average molecular weight is 480 g/mol. The first-order valence-electron chi connectivity index (χ1n) is 10.6. The van der Waals surface area contributed by atoms with Gasteiger partial charge in [-0.05, 0) is 55.3 Å². The fraction of sp³-hybridized carbons (Fsp3) is 0.391. The van der Waals surface area contributed by atoms with E-state index >= 15 is 0 Å². The van der Waals surface area contributed by atoms with Crippen molar-refractivity contribution in [2.24, 2.45) is 0 Å². The van der Waals surface area contributed by atoms with Crippen LogP contribution >= 0.6 is 11.6 Å². The van der Waals surface area contributed by atoms with Crippen LogP contribution in [-0.4, -0.2) is 44.2 Å². The quantitative estimate of drug-likeness (QED) is 0.480. The number of hydrogen-bond donors (Lipinski definition) is 2. The Morgan fingerprint density at radius 1 is 1.00 bits per heavy atom. The van der Waals surface area contributed by atoms with Crippen LogP contribution in [0.1, 0.15) is 55.6 Å². The second-order valence-corrected chi connectivity index (χ2v) is 9.69. The summed E-state index contributed by atoms with van der Waals surface area (Å²) in [5.41, 5.74) is 1.33. The Labute approximate surface area is 195 Å². The molecule has 0 aromatic heterocycles. The van der Waals surface area contributed by atoms with Crippen molar-refractivity contribution >= 4 is 33.4 Å². The molecule has 2 amide bonds. The van der Waals surface area contributed by atoms with Gasteiger partial charge in [0.05, 0.1) is 10.9 Å². The summed E-state index contributed by atoms with van der Waals surface area (Å²) < 4.78 is 26.5. The first kappa shape index (κ1) is 25.8. The van der Waals surface area contributed by atoms with Crippen LogP contribution in [-0.2, 0) is 14.8 Å². The zero-order valence-corrected chi connectivity index (χ0v) is 20.2. The van der Waals surface area contributed by atoms with E-state index in [9.17, 15) is 18.0 Å². The van der Waals surface area contributed by atoms with E-state index in [0.717, 1.165) is 5.56 Å². The summed E-state index contributed by atoms with van der Waals surface area (Å²) in [4.78, 5) is 24.5. The molecular formula is C23H30ClN3O4S. The highest BCUT2D eigenvalue weighted by Gasteiger charge is 2.21. The number of carbonyl (C=O) groups is 2. The number of nitrogens with zero attached hydrogens (tertiary/aromatic N) is 1. The second kappa shape index (κ2) is 12.0. The summed E-state index contributed by atoms with van der Waals surface area (Å²) in [7, 11) is -3.51. The maximum atomic E-state index is 12.6. The van der Waals surface area contributed by atoms with Gasteiger partial charge in [0, 0.05) is 36.6 Å². The molecule has 2 aromatic rings. The van der Waals surface area contributed by atoms with Crippen LogP contribution in [0.15, 0.2) is 53.4 Å². The topological polar surface area (TPSA) is 95.6 Å². The van der Waals surface area contributed by atoms with Gasteiger partial charge in [0.25, 0.3) is 5.91 Å². The molecule has 32 heavy (non-hydrogen) atoms. The van der Waals surface area contributed by atoms with Gasteiger partial charge >= 0.3 is 0 Å². The molecule has 0 aliphatic carbocycles. The molecule has 0 spiro atoms. The molecule has 2 rings (SSSR count). The molecule has 1 unspecified atom stereocenters. The van der Waals surface area contributed by atoms with E-state index in [1.807, 2.05) is 6.92 Å². The Bertz CT molecular complexity index is 1000. The molecule has 174 valence electrons. The number of amides is 2. The van der Waals surface area contributed by atoms with Gasteiger partial charge in [-0.1, -0.05) is 37.6 Å². The first-order valence-corrected chi connectivity index (χ1v) is 12.4. The Hall–Kier alpha value is -2.42. The molecule has 7 nitrogen and oxygen atoms in total. The SMILES string of the molecule is CCN(CC)S(=O)(=O)c1ccc(C(C)NC(=O)CCCNC(=O)c2ccc(Cl)cc2)cc1. The monoisotopic (exact) mass is 479 g/mol. The largest absolute Gasteiger partial charge is 0.352 e. The molecule has 2 N–H and O–H groups in total. The van der Waals surface area contributed by atoms with Gasteiger partial charge in [0.2, 0.25) is 15.9 Å². The van der Waals surface area contributed by atoms with Crippen molar-refractivity contribution in [1.29, 1.82) is 0 Å². The van der Waals surface area contributed by atoms with Crippen molar-refractivity contribution in [1.82, 2.24) is 14.9 Å². The fourth-order valence-electron chi connectivity index (χ4n) is 3.19. The Kier molecular flexibility index (Phi) is 9.68. The molecule has 0 fully saturated rings. The summed E-state index contributed by atoms with van der Waals surface area (Å²) in [6, 6.07) is 12.9. The maximum absolute atomic E-state index is 12.6. The number of hydrogen-bond acceptors (Lipinski definition) is 4. The normalized spacial score (nSPS) is 12.4. The predicted octanol–water partition coefficient (Wildman–Crippen LogP) is 3.76. The number of sulfonamides is 1. The second-order valence-electron chi connectivity index (χ2n) is 7.31. The lowest BCUT2D eigenvalue weighted by Gasteiger charge is -2.19. The molecule has 9 heteroatoms. The molecule has 0 bridgehead atoms. The number of benzene rings is 2. The molecule has 0 aliphatic heterocycles. The zero-order chi connectivity index (χ0) is 23.7. The van der Waals surface area contributed by atoms with Gasteiger partial charge in [-0.15, -0.1) is 0 Å². The lowest BCUT2D eigenvalue weighted by Crippen LogP contribution is -2.30. The van der Waals surface area contributed by atoms with E-state index < -0.39 is 10.0 Å². The smallest absolute Gasteiger partial charge is 0.251 e. The first-order chi connectivity index (χ1) is 15.2. The predicted molar refractivity (Wildman–Crippen MR) is 126 cm³/mol. The van der Waals surface area contributed by atoms with Gasteiger partial charge in [-0.25, -0.2) is 8.42 Å². The minimum Gasteiger partial charge on any atom is -0.352 e. The molecule has 0 saturated heterocycles. The molecule has 0 saturated carbocycles. The summed E-state index contributed by atoms with van der Waals surface area (Å²) >= 11 is 5.81. The van der Waals surface area contributed by atoms with Gasteiger partial charge in [-0.3, -0.25) is 9.59 Å². The van der Waals surface area contributed by atoms with Gasteiger partial charge < -0.3 is 10.6 Å². The number of nitrogens with one attached hydrogen (secondary N) is 2. The third-order valence-electron chi connectivity index (χ3n) is 5.07. The molecule has 0 heterocycles. The Morgan fingerprint density at radius 2 is 1.59 bits per heavy atom. The lowest BCUT2D eigenvalue weighted by molar-refractivity contribution is -0.121. The summed E-state index contributed by atoms with van der Waals surface area (Å²) in [6.45, 7) is 6.64. The van der Waals surface area contributed by atoms with Gasteiger partial charge in [0.15, 0.2) is 0 Å². The van der Waals surface area contributed by atoms with Crippen LogP contribution in [0.5, 0.6) is 0 Å². The van der Waals surface area contributed by atoms with Crippen molar-refractivity contribution in [2.45, 2.75) is 44.6 Å². The Morgan fingerprint density at radius 3 is 2.16 bits per heavy atom. The minimum atomic E-state index is -3.51. The van der Waals surface area contributed by atoms with Crippen molar-refractivity contribution in [3.63, 3.8) is 0 Å². The highest BCUT2D eigenvalue weighted by Crippen LogP contribution is 2.19. The van der Waals surface area contributed by atoms with Crippen LogP contribution in [0.3, 0.4) is 0 Å². The van der Waals surface area contributed by atoms with Crippen molar-refractivity contribution in [2.75, 3.05) is 19.6 Å². The molecule has 2 aromatic carbocycles. The average Bonchev–Trinajstić information content (AvgIpc) is 2.77. The van der Waals surface area contributed by atoms with E-state index in [2.05, 4.69) is 10.6 Å². The van der Waals surface area contributed by atoms with Crippen molar-refractivity contribution in [3.05, 3.63) is 64.7 Å². The van der Waals surface area contributed by atoms with Crippen molar-refractivity contribution in [3.8, 4) is 0 Å². The van der Waals surface area contributed by atoms with Gasteiger partial charge in [-0.2, -0.15) is 4.31 Å². The number of rotatable bonds is 11. The van der Waals surface area contributed by atoms with Crippen molar-refractivity contribution < 1.29 is 18.0 Å². The van der Waals surface area contributed by atoms with E-state index in [-0.39, 0.29) is 29.2 Å². The highest BCUT2D eigenvalue weighted by atomic mass is 35.5. The molecule has 0 aliphatic rings. The van der Waals surface area contributed by atoms with E-state index in [4.69, 9.17) is 11.6 Å². The molecular weight excluding hydrogens is 450 g/mol. The van der Waals surface area contributed by atoms with E-state index in [0.29, 0.717) is 36.6 Å². The highest BCUT2D eigenvalue weighted by molar-refractivity contribution is 7.89. The maximum Gasteiger partial charge on any atom is 0.251 e. The molecule has 0 radical (unpaired) electrons. The van der Waals surface area contributed by atoms with E-state index in [1.54, 1.807) is 62.4 Å². The van der Waals surface area contributed by atoms with Gasteiger partial charge in [0.1, 0.15) is 0 Å². The fourth-order valence-corrected chi connectivity index (χ4v) is 4.78. The van der Waals surface area contributed by atoms with Crippen LogP contribution < -0.4 is 10.6 Å². The van der Waals surface area contributed by atoms with Crippen LogP contribution in [0.4, 0.5) is 0 Å². The Balaban J connectivity index is 1.81. The van der Waals surface area contributed by atoms with Crippen LogP contribution in [0.25, 0.3) is 0 Å². The lowest BCUT2D eigenvalue weighted by atomic mass is 10.1. The summed E-state index contributed by atoms with van der Waals surface area (Å²) in [5.74, 6) is -0.353. The van der Waals surface area contributed by atoms with Crippen LogP contribution in [0.2, 0.25) is 5.02 Å². The third kappa shape index (κ3) is 7.05. The number of halogens is 1. The zero-order valence-electron chi connectivity index (χ0n) is 18.6. The third-order valence-corrected chi connectivity index (χ3v) is 7.39. The summed E-state index contributed by atoms with van der Waals surface area (Å²) in [6.07, 6.45) is 0.762. The minimum absolute atomic E-state index is 0.141. The van der Waals surface area contributed by atoms with E-state index in [1.165, 1.54) is 4.31 Å². The standard InChI is InChI=1S/C23H30ClN3O4S/c1-4-27(5-2)32(30,31)21-14-10-18(11-15-21)17(3)26-22(28)7-6-16-25-23(29)19-8-12-20(24)13-9-19/h8-15,17H,4-7,16H2,1-3H3,(H,25,29)(H,26,28). The molecule has 1 atom stereocenters. The summed E-state index contributed by atoms with van der Waals surface area (Å²) in [5, 5.41) is 6.24. The van der Waals surface area contributed by atoms with Crippen LogP contribution in [0, 0.1) is 0 Å². The number of carbonyl (C=O) groups excluding carboxylic acids is 2.